The summed E-state index contributed by atoms with van der Waals surface area (Å²) in [7, 11) is 0. The maximum absolute atomic E-state index is 13.3. The first kappa shape index (κ1) is 19.7. The summed E-state index contributed by atoms with van der Waals surface area (Å²) < 4.78 is 53.3. The third-order valence-corrected chi connectivity index (χ3v) is 3.00. The minimum absolute atomic E-state index is 0. The van der Waals surface area contributed by atoms with E-state index in [2.05, 4.69) is 4.74 Å². The van der Waals surface area contributed by atoms with E-state index in [1.807, 2.05) is 0 Å². The third-order valence-electron chi connectivity index (χ3n) is 3.00. The second kappa shape index (κ2) is 7.45. The van der Waals surface area contributed by atoms with E-state index < -0.39 is 34.6 Å². The van der Waals surface area contributed by atoms with Gasteiger partial charge in [0.1, 0.15) is 5.75 Å². The van der Waals surface area contributed by atoms with E-state index >= 15 is 0 Å². The van der Waals surface area contributed by atoms with Crippen LogP contribution in [0.3, 0.4) is 0 Å². The average Bonchev–Trinajstić information content (AvgIpc) is 2.46. The molecule has 0 radical (unpaired) electrons. The van der Waals surface area contributed by atoms with Gasteiger partial charge in [0, 0.05) is 6.07 Å². The zero-order valence-electron chi connectivity index (χ0n) is 11.8. The first-order valence-corrected chi connectivity index (χ1v) is 6.22. The lowest BCUT2D eigenvalue weighted by Gasteiger charge is -2.14. The van der Waals surface area contributed by atoms with Gasteiger partial charge in [-0.25, -0.2) is 0 Å². The van der Waals surface area contributed by atoms with E-state index in [-0.39, 0.29) is 18.0 Å². The van der Waals surface area contributed by atoms with Crippen LogP contribution in [-0.4, -0.2) is 11.3 Å². The van der Waals surface area contributed by atoms with E-state index in [9.17, 15) is 27.7 Å². The third kappa shape index (κ3) is 4.80. The first-order chi connectivity index (χ1) is 10.7. The van der Waals surface area contributed by atoms with E-state index in [0.717, 1.165) is 24.3 Å². The highest BCUT2D eigenvalue weighted by Gasteiger charge is 2.31. The molecule has 0 aliphatic heterocycles. The molecule has 0 aliphatic carbocycles. The fraction of sp³-hybridized carbons (Fsp3) is 0.143. The second-order valence-electron chi connectivity index (χ2n) is 4.56. The van der Waals surface area contributed by atoms with Crippen molar-refractivity contribution >= 4 is 18.1 Å². The van der Waals surface area contributed by atoms with Gasteiger partial charge in [0.25, 0.3) is 0 Å². The number of nitro benzene ring substituents is 1. The zero-order valence-corrected chi connectivity index (χ0v) is 12.6. The minimum Gasteiger partial charge on any atom is -0.406 e. The van der Waals surface area contributed by atoms with Crippen LogP contribution in [0.2, 0.25) is 0 Å². The fourth-order valence-corrected chi connectivity index (χ4v) is 1.93. The molecule has 2 rings (SSSR count). The fourth-order valence-electron chi connectivity index (χ4n) is 1.93. The van der Waals surface area contributed by atoms with Crippen molar-refractivity contribution in [2.24, 2.45) is 5.73 Å². The average molecular weight is 367 g/mol. The monoisotopic (exact) mass is 366 g/mol. The van der Waals surface area contributed by atoms with Crippen molar-refractivity contribution in [3.05, 3.63) is 69.5 Å². The van der Waals surface area contributed by atoms with Gasteiger partial charge in [0.05, 0.1) is 11.0 Å². The number of rotatable bonds is 4. The van der Waals surface area contributed by atoms with Crippen LogP contribution in [0.5, 0.6) is 5.75 Å². The van der Waals surface area contributed by atoms with Gasteiger partial charge in [-0.2, -0.15) is 4.39 Å². The molecule has 1 atom stereocenters. The maximum atomic E-state index is 13.3. The van der Waals surface area contributed by atoms with Gasteiger partial charge in [0.15, 0.2) is 0 Å². The molecule has 130 valence electrons. The van der Waals surface area contributed by atoms with Gasteiger partial charge in [-0.15, -0.1) is 25.6 Å². The summed E-state index contributed by atoms with van der Waals surface area (Å²) in [5.74, 6) is -1.42. The number of nitrogens with zero attached hydrogens (tertiary/aromatic N) is 1. The molecule has 2 N–H and O–H groups in total. The van der Waals surface area contributed by atoms with Crippen LogP contribution in [0.25, 0.3) is 0 Å². The quantitative estimate of drug-likeness (QED) is 0.502. The Labute approximate surface area is 139 Å². The Morgan fingerprint density at radius 1 is 1.08 bits per heavy atom. The highest BCUT2D eigenvalue weighted by atomic mass is 35.5. The molecule has 0 spiro atoms. The number of alkyl halides is 3. The Balaban J connectivity index is 0.00000288. The van der Waals surface area contributed by atoms with Crippen molar-refractivity contribution in [1.82, 2.24) is 0 Å². The van der Waals surface area contributed by atoms with E-state index in [1.54, 1.807) is 0 Å². The topological polar surface area (TPSA) is 78.4 Å². The predicted molar refractivity (Wildman–Crippen MR) is 79.5 cm³/mol. The Morgan fingerprint density at radius 2 is 1.62 bits per heavy atom. The Hall–Kier alpha value is -2.39. The van der Waals surface area contributed by atoms with Crippen LogP contribution in [0.4, 0.5) is 23.2 Å². The van der Waals surface area contributed by atoms with Gasteiger partial charge in [-0.1, -0.05) is 18.2 Å². The van der Waals surface area contributed by atoms with E-state index in [4.69, 9.17) is 5.73 Å². The molecule has 0 heterocycles. The van der Waals surface area contributed by atoms with Crippen molar-refractivity contribution in [1.29, 1.82) is 0 Å². The molecule has 0 saturated carbocycles. The number of benzene rings is 2. The molecule has 24 heavy (non-hydrogen) atoms. The number of nitro groups is 1. The number of hydrogen-bond acceptors (Lipinski definition) is 4. The molecule has 2 aromatic carbocycles. The Bertz CT molecular complexity index is 723. The smallest absolute Gasteiger partial charge is 0.406 e. The van der Waals surface area contributed by atoms with Crippen molar-refractivity contribution in [3.63, 3.8) is 0 Å². The van der Waals surface area contributed by atoms with Gasteiger partial charge in [0.2, 0.25) is 5.82 Å². The number of hydrogen-bond donors (Lipinski definition) is 1. The molecule has 0 fully saturated rings. The molecular formula is C14H11ClF4N2O3. The second-order valence-corrected chi connectivity index (χ2v) is 4.56. The lowest BCUT2D eigenvalue weighted by atomic mass is 9.99. The lowest BCUT2D eigenvalue weighted by Crippen LogP contribution is -2.17. The van der Waals surface area contributed by atoms with Gasteiger partial charge >= 0.3 is 12.0 Å². The highest BCUT2D eigenvalue weighted by molar-refractivity contribution is 5.85. The van der Waals surface area contributed by atoms with Crippen molar-refractivity contribution in [2.45, 2.75) is 12.4 Å². The van der Waals surface area contributed by atoms with E-state index in [0.29, 0.717) is 5.56 Å². The maximum Gasteiger partial charge on any atom is 0.573 e. The van der Waals surface area contributed by atoms with Crippen molar-refractivity contribution in [2.75, 3.05) is 0 Å². The molecule has 0 amide bonds. The molecule has 5 nitrogen and oxygen atoms in total. The summed E-state index contributed by atoms with van der Waals surface area (Å²) in [4.78, 5) is 9.83. The molecule has 0 unspecified atom stereocenters. The summed E-state index contributed by atoms with van der Waals surface area (Å²) in [6.07, 6.45) is -4.80. The number of ether oxygens (including phenoxy) is 1. The molecule has 0 aliphatic rings. The summed E-state index contributed by atoms with van der Waals surface area (Å²) in [5, 5.41) is 10.7. The van der Waals surface area contributed by atoms with Crippen LogP contribution in [0.1, 0.15) is 17.2 Å². The molecule has 0 aromatic heterocycles. The van der Waals surface area contributed by atoms with E-state index in [1.165, 1.54) is 18.2 Å². The van der Waals surface area contributed by atoms with Crippen LogP contribution >= 0.6 is 12.4 Å². The molecular weight excluding hydrogens is 356 g/mol. The van der Waals surface area contributed by atoms with Crippen LogP contribution in [0.15, 0.2) is 42.5 Å². The summed E-state index contributed by atoms with van der Waals surface area (Å²) >= 11 is 0. The summed E-state index contributed by atoms with van der Waals surface area (Å²) in [6.45, 7) is 0. The van der Waals surface area contributed by atoms with Crippen LogP contribution in [0, 0.1) is 15.9 Å². The number of halogens is 5. The Morgan fingerprint density at radius 3 is 2.12 bits per heavy atom. The normalized spacial score (nSPS) is 12.2. The van der Waals surface area contributed by atoms with Gasteiger partial charge in [-0.3, -0.25) is 10.1 Å². The SMILES string of the molecule is Cl.N[C@@H](c1ccc(OC(F)(F)F)cc1)c1ccc(F)c([N+](=O)[O-])c1. The molecule has 0 bridgehead atoms. The highest BCUT2D eigenvalue weighted by Crippen LogP contribution is 2.28. The minimum atomic E-state index is -4.80. The number of nitrogens with two attached hydrogens (primary N) is 1. The zero-order chi connectivity index (χ0) is 17.2. The van der Waals surface area contributed by atoms with Crippen LogP contribution < -0.4 is 10.5 Å². The Kier molecular flexibility index (Phi) is 6.10. The molecule has 10 heteroatoms. The van der Waals surface area contributed by atoms with Crippen molar-refractivity contribution < 1.29 is 27.2 Å². The summed E-state index contributed by atoms with van der Waals surface area (Å²) in [6, 6.07) is 7.03. The van der Waals surface area contributed by atoms with Gasteiger partial charge in [-0.05, 0) is 29.3 Å². The van der Waals surface area contributed by atoms with Gasteiger partial charge < -0.3 is 10.5 Å². The van der Waals surface area contributed by atoms with Crippen molar-refractivity contribution in [3.8, 4) is 5.75 Å². The standard InChI is InChI=1S/C14H10F4N2O3.ClH/c15-11-6-3-9(7-12(11)20(21)22)13(19)8-1-4-10(5-2-8)23-14(16,17)18;/h1-7,13H,19H2;1H/t13-;/m0./s1. The predicted octanol–water partition coefficient (Wildman–Crippen LogP) is 4.10. The first-order valence-electron chi connectivity index (χ1n) is 6.22. The summed E-state index contributed by atoms with van der Waals surface area (Å²) in [5.41, 5.74) is 5.82. The van der Waals surface area contributed by atoms with Crippen LogP contribution in [-0.2, 0) is 0 Å². The molecule has 0 saturated heterocycles. The lowest BCUT2D eigenvalue weighted by molar-refractivity contribution is -0.387. The largest absolute Gasteiger partial charge is 0.573 e. The molecule has 2 aromatic rings.